The number of carboxylic acid groups (broad SMARTS) is 1. The Kier molecular flexibility index (Phi) is 4.20. The third-order valence-electron chi connectivity index (χ3n) is 3.69. The molecule has 1 unspecified atom stereocenters. The topological polar surface area (TPSA) is 77.8 Å². The van der Waals surface area contributed by atoms with Crippen LogP contribution in [0.4, 0.5) is 0 Å². The number of carbonyl (C=O) groups is 2. The molecule has 1 aromatic rings. The summed E-state index contributed by atoms with van der Waals surface area (Å²) in [5.74, 6) is -1.16. The lowest BCUT2D eigenvalue weighted by Gasteiger charge is -2.36. The smallest absolute Gasteiger partial charge is 0.337 e. The van der Waals surface area contributed by atoms with E-state index in [-0.39, 0.29) is 18.7 Å². The van der Waals surface area contributed by atoms with Crippen LogP contribution in [0.25, 0.3) is 0 Å². The summed E-state index contributed by atoms with van der Waals surface area (Å²) in [5, 5.41) is 19.1. The van der Waals surface area contributed by atoms with E-state index in [0.29, 0.717) is 18.5 Å². The number of ketones is 1. The molecule has 1 aromatic carbocycles. The van der Waals surface area contributed by atoms with Crippen molar-refractivity contribution in [3.63, 3.8) is 0 Å². The van der Waals surface area contributed by atoms with Crippen LogP contribution < -0.4 is 0 Å². The van der Waals surface area contributed by atoms with E-state index in [0.717, 1.165) is 12.1 Å². The van der Waals surface area contributed by atoms with Crippen molar-refractivity contribution in [2.45, 2.75) is 31.9 Å². The standard InChI is InChI=1S/C15H19NO4/c1-11(17)13-5-2-4-12(8-13)9-16-7-3-6-15(20,10-16)14(18)19/h2,4-5,8,20H,3,6-7,9-10H2,1H3,(H,18,19). The van der Waals surface area contributed by atoms with E-state index < -0.39 is 11.6 Å². The van der Waals surface area contributed by atoms with Crippen LogP contribution in [-0.4, -0.2) is 45.6 Å². The Labute approximate surface area is 117 Å². The summed E-state index contributed by atoms with van der Waals surface area (Å²) >= 11 is 0. The van der Waals surface area contributed by atoms with Crippen LogP contribution in [0.1, 0.15) is 35.7 Å². The predicted molar refractivity (Wildman–Crippen MR) is 73.5 cm³/mol. The molecule has 0 bridgehead atoms. The number of β-amino-alcohol motifs (C(OH)–C–C–N with tert-alkyl or cyclic N) is 1. The van der Waals surface area contributed by atoms with Crippen LogP contribution >= 0.6 is 0 Å². The fourth-order valence-electron chi connectivity index (χ4n) is 2.58. The fraction of sp³-hybridized carbons (Fsp3) is 0.467. The van der Waals surface area contributed by atoms with Gasteiger partial charge in [0.2, 0.25) is 0 Å². The average Bonchev–Trinajstić information content (AvgIpc) is 2.39. The Morgan fingerprint density at radius 1 is 1.40 bits per heavy atom. The van der Waals surface area contributed by atoms with E-state index in [4.69, 9.17) is 5.11 Å². The number of likely N-dealkylation sites (tertiary alicyclic amines) is 1. The van der Waals surface area contributed by atoms with Crippen LogP contribution in [0.2, 0.25) is 0 Å². The molecule has 1 saturated heterocycles. The number of Topliss-reactive ketones (excluding diaryl/α,β-unsaturated/α-hetero) is 1. The van der Waals surface area contributed by atoms with Gasteiger partial charge < -0.3 is 10.2 Å². The van der Waals surface area contributed by atoms with Crippen LogP contribution in [0.5, 0.6) is 0 Å². The first kappa shape index (κ1) is 14.7. The van der Waals surface area contributed by atoms with Crippen molar-refractivity contribution in [1.82, 2.24) is 4.90 Å². The number of nitrogens with zero attached hydrogens (tertiary/aromatic N) is 1. The molecule has 2 N–H and O–H groups in total. The largest absolute Gasteiger partial charge is 0.479 e. The Balaban J connectivity index is 2.08. The highest BCUT2D eigenvalue weighted by molar-refractivity contribution is 5.94. The van der Waals surface area contributed by atoms with Crippen molar-refractivity contribution >= 4 is 11.8 Å². The summed E-state index contributed by atoms with van der Waals surface area (Å²) in [4.78, 5) is 24.4. The van der Waals surface area contributed by atoms with Crippen LogP contribution in [0.15, 0.2) is 24.3 Å². The van der Waals surface area contributed by atoms with Crippen molar-refractivity contribution in [3.05, 3.63) is 35.4 Å². The minimum Gasteiger partial charge on any atom is -0.479 e. The number of benzene rings is 1. The molecular formula is C15H19NO4. The molecule has 1 fully saturated rings. The molecule has 0 radical (unpaired) electrons. The summed E-state index contributed by atoms with van der Waals surface area (Å²) in [6.07, 6.45) is 0.932. The summed E-state index contributed by atoms with van der Waals surface area (Å²) in [7, 11) is 0. The first-order chi connectivity index (χ1) is 9.40. The van der Waals surface area contributed by atoms with Crippen molar-refractivity contribution in [3.8, 4) is 0 Å². The highest BCUT2D eigenvalue weighted by Crippen LogP contribution is 2.23. The van der Waals surface area contributed by atoms with Gasteiger partial charge in [-0.3, -0.25) is 9.69 Å². The zero-order valence-electron chi connectivity index (χ0n) is 11.5. The van der Waals surface area contributed by atoms with Crippen molar-refractivity contribution < 1.29 is 19.8 Å². The third kappa shape index (κ3) is 3.23. The number of aliphatic hydroxyl groups is 1. The van der Waals surface area contributed by atoms with Gasteiger partial charge in [0.1, 0.15) is 0 Å². The van der Waals surface area contributed by atoms with Crippen molar-refractivity contribution in [2.24, 2.45) is 0 Å². The quantitative estimate of drug-likeness (QED) is 0.811. The molecule has 1 aliphatic rings. The fourth-order valence-corrected chi connectivity index (χ4v) is 2.58. The number of rotatable bonds is 4. The number of carboxylic acids is 1. The van der Waals surface area contributed by atoms with Crippen molar-refractivity contribution in [2.75, 3.05) is 13.1 Å². The molecule has 5 heteroatoms. The minimum atomic E-state index is -1.66. The molecule has 108 valence electrons. The highest BCUT2D eigenvalue weighted by Gasteiger charge is 2.40. The molecule has 0 aliphatic carbocycles. The van der Waals surface area contributed by atoms with E-state index in [1.54, 1.807) is 6.07 Å². The van der Waals surface area contributed by atoms with E-state index in [9.17, 15) is 14.7 Å². The normalized spacial score (nSPS) is 23.5. The maximum Gasteiger partial charge on any atom is 0.337 e. The first-order valence-corrected chi connectivity index (χ1v) is 6.69. The highest BCUT2D eigenvalue weighted by atomic mass is 16.4. The third-order valence-corrected chi connectivity index (χ3v) is 3.69. The van der Waals surface area contributed by atoms with Gasteiger partial charge in [0, 0.05) is 18.7 Å². The second-order valence-corrected chi connectivity index (χ2v) is 5.41. The lowest BCUT2D eigenvalue weighted by atomic mass is 9.92. The lowest BCUT2D eigenvalue weighted by molar-refractivity contribution is -0.164. The van der Waals surface area contributed by atoms with Crippen molar-refractivity contribution in [1.29, 1.82) is 0 Å². The number of carbonyl (C=O) groups excluding carboxylic acids is 1. The Morgan fingerprint density at radius 2 is 2.15 bits per heavy atom. The molecule has 20 heavy (non-hydrogen) atoms. The second-order valence-electron chi connectivity index (χ2n) is 5.41. The van der Waals surface area contributed by atoms with Gasteiger partial charge in [0.25, 0.3) is 0 Å². The number of piperidine rings is 1. The first-order valence-electron chi connectivity index (χ1n) is 6.69. The predicted octanol–water partition coefficient (Wildman–Crippen LogP) is 1.30. The van der Waals surface area contributed by atoms with Crippen LogP contribution in [-0.2, 0) is 11.3 Å². The van der Waals surface area contributed by atoms with Gasteiger partial charge in [-0.1, -0.05) is 18.2 Å². The van der Waals surface area contributed by atoms with E-state index in [1.807, 2.05) is 23.1 Å². The van der Waals surface area contributed by atoms with Gasteiger partial charge in [-0.05, 0) is 37.9 Å². The SMILES string of the molecule is CC(=O)c1cccc(CN2CCCC(O)(C(=O)O)C2)c1. The summed E-state index contributed by atoms with van der Waals surface area (Å²) in [6.45, 7) is 2.92. The maximum atomic E-state index is 11.4. The van der Waals surface area contributed by atoms with Gasteiger partial charge in [-0.15, -0.1) is 0 Å². The van der Waals surface area contributed by atoms with E-state index in [1.165, 1.54) is 6.92 Å². The molecule has 5 nitrogen and oxygen atoms in total. The van der Waals surface area contributed by atoms with Gasteiger partial charge in [-0.2, -0.15) is 0 Å². The molecule has 2 rings (SSSR count). The molecule has 1 aliphatic heterocycles. The Morgan fingerprint density at radius 3 is 2.80 bits per heavy atom. The van der Waals surface area contributed by atoms with Gasteiger partial charge in [0.05, 0.1) is 0 Å². The molecule has 1 heterocycles. The average molecular weight is 277 g/mol. The summed E-state index contributed by atoms with van der Waals surface area (Å²) in [5.41, 5.74) is -0.0588. The van der Waals surface area contributed by atoms with Crippen LogP contribution in [0.3, 0.4) is 0 Å². The molecular weight excluding hydrogens is 258 g/mol. The molecule has 1 atom stereocenters. The zero-order valence-corrected chi connectivity index (χ0v) is 11.5. The minimum absolute atomic E-state index is 0.00698. The molecule has 0 spiro atoms. The zero-order chi connectivity index (χ0) is 14.8. The lowest BCUT2D eigenvalue weighted by Crippen LogP contribution is -2.52. The Bertz CT molecular complexity index is 528. The van der Waals surface area contributed by atoms with Crippen LogP contribution in [0, 0.1) is 0 Å². The summed E-state index contributed by atoms with van der Waals surface area (Å²) in [6, 6.07) is 7.30. The summed E-state index contributed by atoms with van der Waals surface area (Å²) < 4.78 is 0. The molecule has 0 aromatic heterocycles. The molecule has 0 saturated carbocycles. The van der Waals surface area contributed by atoms with Gasteiger partial charge >= 0.3 is 5.97 Å². The monoisotopic (exact) mass is 277 g/mol. The van der Waals surface area contributed by atoms with E-state index in [2.05, 4.69) is 0 Å². The van der Waals surface area contributed by atoms with E-state index >= 15 is 0 Å². The number of hydrogen-bond donors (Lipinski definition) is 2. The number of aliphatic carboxylic acids is 1. The maximum absolute atomic E-state index is 11.4. The Hall–Kier alpha value is -1.72. The second kappa shape index (κ2) is 5.73. The van der Waals surface area contributed by atoms with Gasteiger partial charge in [0.15, 0.2) is 11.4 Å². The number of hydrogen-bond acceptors (Lipinski definition) is 4. The molecule has 0 amide bonds. The van der Waals surface area contributed by atoms with Gasteiger partial charge in [-0.25, -0.2) is 4.79 Å².